The highest BCUT2D eigenvalue weighted by atomic mass is 35.5. The molecule has 6 heteroatoms. The lowest BCUT2D eigenvalue weighted by atomic mass is 9.98. The fraction of sp³-hybridized carbons (Fsp3) is 0.455. The minimum Gasteiger partial charge on any atom is -0.444 e. The molecule has 0 saturated heterocycles. The number of hydrogen-bond donors (Lipinski definition) is 0. The molecule has 150 valence electrons. The van der Waals surface area contributed by atoms with E-state index >= 15 is 0 Å². The van der Waals surface area contributed by atoms with Crippen molar-refractivity contribution in [2.75, 3.05) is 13.1 Å². The molecule has 2 aromatic rings. The van der Waals surface area contributed by atoms with Crippen LogP contribution in [0.1, 0.15) is 43.2 Å². The lowest BCUT2D eigenvalue weighted by molar-refractivity contribution is 0.0258. The molecule has 28 heavy (non-hydrogen) atoms. The quantitative estimate of drug-likeness (QED) is 0.657. The van der Waals surface area contributed by atoms with Gasteiger partial charge in [-0.25, -0.2) is 4.79 Å². The fourth-order valence-corrected chi connectivity index (χ4v) is 4.62. The molecular weight excluding hydrogens is 392 g/mol. The van der Waals surface area contributed by atoms with Gasteiger partial charge in [-0.2, -0.15) is 11.8 Å². The second-order valence-electron chi connectivity index (χ2n) is 7.94. The van der Waals surface area contributed by atoms with Crippen molar-refractivity contribution in [3.63, 3.8) is 0 Å². The Morgan fingerprint density at radius 2 is 1.96 bits per heavy atom. The Labute approximate surface area is 176 Å². The lowest BCUT2D eigenvalue weighted by Gasteiger charge is -2.26. The number of rotatable bonds is 4. The topological polar surface area (TPSA) is 42.4 Å². The van der Waals surface area contributed by atoms with E-state index in [0.717, 1.165) is 35.1 Å². The van der Waals surface area contributed by atoms with Gasteiger partial charge in [-0.05, 0) is 68.5 Å². The summed E-state index contributed by atoms with van der Waals surface area (Å²) in [5, 5.41) is 0.804. The van der Waals surface area contributed by atoms with E-state index in [4.69, 9.17) is 16.3 Å². The van der Waals surface area contributed by atoms with Crippen molar-refractivity contribution >= 4 is 29.5 Å². The van der Waals surface area contributed by atoms with Crippen LogP contribution >= 0.6 is 23.4 Å². The van der Waals surface area contributed by atoms with Crippen LogP contribution in [0.3, 0.4) is 0 Å². The summed E-state index contributed by atoms with van der Waals surface area (Å²) in [5.41, 5.74) is 4.34. The van der Waals surface area contributed by atoms with Crippen LogP contribution in [0.4, 0.5) is 4.79 Å². The van der Waals surface area contributed by atoms with Crippen molar-refractivity contribution in [2.24, 2.45) is 0 Å². The first-order valence-electron chi connectivity index (χ1n) is 9.58. The third-order valence-electron chi connectivity index (χ3n) is 4.63. The Morgan fingerprint density at radius 1 is 1.18 bits per heavy atom. The number of fused-ring (bicyclic) bond motifs is 1. The van der Waals surface area contributed by atoms with Crippen LogP contribution in [-0.2, 0) is 29.1 Å². The predicted octanol–water partition coefficient (Wildman–Crippen LogP) is 5.50. The van der Waals surface area contributed by atoms with Gasteiger partial charge in [0.1, 0.15) is 5.60 Å². The van der Waals surface area contributed by atoms with Gasteiger partial charge in [0, 0.05) is 35.8 Å². The molecule has 0 unspecified atom stereocenters. The number of benzene rings is 1. The van der Waals surface area contributed by atoms with E-state index in [9.17, 15) is 4.79 Å². The summed E-state index contributed by atoms with van der Waals surface area (Å²) in [6.45, 7) is 7.01. The molecular formula is C22H27ClN2O2S. The minimum absolute atomic E-state index is 0.238. The third-order valence-corrected chi connectivity index (χ3v) is 5.97. The normalized spacial score (nSPS) is 14.4. The van der Waals surface area contributed by atoms with Gasteiger partial charge >= 0.3 is 6.09 Å². The maximum Gasteiger partial charge on any atom is 0.410 e. The fourth-order valence-electron chi connectivity index (χ4n) is 3.28. The molecule has 0 bridgehead atoms. The highest BCUT2D eigenvalue weighted by Crippen LogP contribution is 2.31. The zero-order chi connectivity index (χ0) is 20.1. The number of ether oxygens (including phenoxy) is 1. The molecule has 1 amide bonds. The summed E-state index contributed by atoms with van der Waals surface area (Å²) in [6.07, 6.45) is 3.21. The zero-order valence-electron chi connectivity index (χ0n) is 16.7. The summed E-state index contributed by atoms with van der Waals surface area (Å²) in [5.74, 6) is 1.69. The van der Waals surface area contributed by atoms with E-state index in [1.165, 1.54) is 16.7 Å². The molecule has 0 atom stereocenters. The zero-order valence-corrected chi connectivity index (χ0v) is 18.3. The molecule has 0 spiro atoms. The van der Waals surface area contributed by atoms with E-state index in [1.807, 2.05) is 67.9 Å². The van der Waals surface area contributed by atoms with Gasteiger partial charge in [-0.3, -0.25) is 4.98 Å². The van der Waals surface area contributed by atoms with Crippen LogP contribution in [0.5, 0.6) is 0 Å². The average Bonchev–Trinajstić information content (AvgIpc) is 2.86. The first-order valence-corrected chi connectivity index (χ1v) is 11.1. The highest BCUT2D eigenvalue weighted by molar-refractivity contribution is 7.97. The lowest BCUT2D eigenvalue weighted by Crippen LogP contribution is -2.38. The minimum atomic E-state index is -0.479. The van der Waals surface area contributed by atoms with Gasteiger partial charge < -0.3 is 9.64 Å². The summed E-state index contributed by atoms with van der Waals surface area (Å²) in [4.78, 5) is 18.7. The molecule has 0 saturated carbocycles. The van der Waals surface area contributed by atoms with Crippen LogP contribution in [0.15, 0.2) is 36.5 Å². The van der Waals surface area contributed by atoms with Gasteiger partial charge in [-0.15, -0.1) is 0 Å². The van der Waals surface area contributed by atoms with Crippen molar-refractivity contribution in [3.05, 3.63) is 63.9 Å². The third kappa shape index (κ3) is 5.65. The maximum atomic E-state index is 12.5. The van der Waals surface area contributed by atoms with Gasteiger partial charge in [0.25, 0.3) is 0 Å². The van der Waals surface area contributed by atoms with E-state index in [0.29, 0.717) is 13.1 Å². The number of halogens is 1. The predicted molar refractivity (Wildman–Crippen MR) is 116 cm³/mol. The largest absolute Gasteiger partial charge is 0.444 e. The van der Waals surface area contributed by atoms with Gasteiger partial charge in [-0.1, -0.05) is 23.7 Å². The Morgan fingerprint density at radius 3 is 2.68 bits per heavy atom. The smallest absolute Gasteiger partial charge is 0.410 e. The number of carbonyl (C=O) groups excluding carboxylic acids is 1. The van der Waals surface area contributed by atoms with Gasteiger partial charge in [0.05, 0.1) is 5.69 Å². The molecule has 0 fully saturated rings. The van der Waals surface area contributed by atoms with Crippen LogP contribution in [0.2, 0.25) is 5.02 Å². The molecule has 0 aliphatic carbocycles. The number of pyridine rings is 1. The molecule has 3 rings (SSSR count). The van der Waals surface area contributed by atoms with Gasteiger partial charge in [0.15, 0.2) is 0 Å². The van der Waals surface area contributed by atoms with Crippen LogP contribution in [0.25, 0.3) is 0 Å². The number of nitrogens with zero attached hydrogens (tertiary/aromatic N) is 2. The Balaban J connectivity index is 1.68. The van der Waals surface area contributed by atoms with Crippen LogP contribution in [-0.4, -0.2) is 34.7 Å². The van der Waals surface area contributed by atoms with Gasteiger partial charge in [0.2, 0.25) is 0 Å². The van der Waals surface area contributed by atoms with E-state index in [2.05, 4.69) is 11.1 Å². The second kappa shape index (κ2) is 9.19. The molecule has 0 radical (unpaired) electrons. The van der Waals surface area contributed by atoms with Crippen molar-refractivity contribution in [3.8, 4) is 0 Å². The summed E-state index contributed by atoms with van der Waals surface area (Å²) in [6, 6.07) is 10.1. The Kier molecular flexibility index (Phi) is 6.89. The molecule has 1 aromatic heterocycles. The molecule has 1 aromatic carbocycles. The number of carbonyl (C=O) groups is 1. The van der Waals surface area contributed by atoms with E-state index < -0.39 is 5.60 Å². The summed E-state index contributed by atoms with van der Waals surface area (Å²) < 4.78 is 5.55. The van der Waals surface area contributed by atoms with Crippen molar-refractivity contribution in [2.45, 2.75) is 50.7 Å². The van der Waals surface area contributed by atoms with E-state index in [-0.39, 0.29) is 6.09 Å². The Hall–Kier alpha value is -1.72. The van der Waals surface area contributed by atoms with Crippen molar-refractivity contribution < 1.29 is 9.53 Å². The average molecular weight is 419 g/mol. The Bertz CT molecular complexity index is 821. The first kappa shape index (κ1) is 21.0. The van der Waals surface area contributed by atoms with Crippen LogP contribution < -0.4 is 0 Å². The summed E-state index contributed by atoms with van der Waals surface area (Å²) in [7, 11) is 0. The molecule has 1 aliphatic rings. The molecule has 2 heterocycles. The van der Waals surface area contributed by atoms with E-state index in [1.54, 1.807) is 0 Å². The van der Waals surface area contributed by atoms with Crippen molar-refractivity contribution in [1.82, 2.24) is 9.88 Å². The standard InChI is InChI=1S/C22H27ClN2O2S/c1-22(2,3)27-21(26)25-12-9-16-7-8-20(23)19(18(16)10-13-25)15-28-14-17-6-4-5-11-24-17/h4-8,11H,9-10,12-15H2,1-3H3. The first-order chi connectivity index (χ1) is 13.3. The molecule has 0 N–H and O–H groups in total. The molecule has 4 nitrogen and oxygen atoms in total. The summed E-state index contributed by atoms with van der Waals surface area (Å²) >= 11 is 8.36. The SMILES string of the molecule is CC(C)(C)OC(=O)N1CCc2ccc(Cl)c(CSCc3ccccn3)c2CC1. The monoisotopic (exact) mass is 418 g/mol. The van der Waals surface area contributed by atoms with Crippen LogP contribution in [0, 0.1) is 0 Å². The number of thioether (sulfide) groups is 1. The highest BCUT2D eigenvalue weighted by Gasteiger charge is 2.25. The number of hydrogen-bond acceptors (Lipinski definition) is 4. The number of aromatic nitrogens is 1. The second-order valence-corrected chi connectivity index (χ2v) is 9.34. The maximum absolute atomic E-state index is 12.5. The molecule has 1 aliphatic heterocycles. The number of amides is 1. The van der Waals surface area contributed by atoms with Crippen molar-refractivity contribution in [1.29, 1.82) is 0 Å².